The van der Waals surface area contributed by atoms with Crippen molar-refractivity contribution in [3.05, 3.63) is 28.0 Å². The van der Waals surface area contributed by atoms with E-state index in [9.17, 15) is 4.39 Å². The van der Waals surface area contributed by atoms with Gasteiger partial charge in [0.2, 0.25) is 0 Å². The summed E-state index contributed by atoms with van der Waals surface area (Å²) >= 11 is 3.09. The minimum Gasteiger partial charge on any atom is -0.378 e. The SMILES string of the molecule is N#Cc1ccc(NC2CCCC2N)c(F)c1Br. The van der Waals surface area contributed by atoms with E-state index >= 15 is 0 Å². The van der Waals surface area contributed by atoms with Crippen molar-refractivity contribution in [2.75, 3.05) is 5.32 Å². The van der Waals surface area contributed by atoms with Gasteiger partial charge < -0.3 is 11.1 Å². The van der Waals surface area contributed by atoms with E-state index in [1.165, 1.54) is 0 Å². The molecule has 1 aliphatic rings. The van der Waals surface area contributed by atoms with Crippen molar-refractivity contribution in [3.8, 4) is 6.07 Å². The second-order valence-electron chi connectivity index (χ2n) is 4.25. The lowest BCUT2D eigenvalue weighted by molar-refractivity contribution is 0.603. The molecule has 17 heavy (non-hydrogen) atoms. The maximum absolute atomic E-state index is 13.9. The van der Waals surface area contributed by atoms with Crippen molar-refractivity contribution < 1.29 is 4.39 Å². The lowest BCUT2D eigenvalue weighted by Crippen LogP contribution is -2.35. The van der Waals surface area contributed by atoms with Gasteiger partial charge in [-0.15, -0.1) is 0 Å². The van der Waals surface area contributed by atoms with Gasteiger partial charge in [0.05, 0.1) is 15.7 Å². The zero-order valence-electron chi connectivity index (χ0n) is 9.21. The molecule has 2 atom stereocenters. The van der Waals surface area contributed by atoms with Crippen LogP contribution in [0.25, 0.3) is 0 Å². The van der Waals surface area contributed by atoms with Crippen LogP contribution < -0.4 is 11.1 Å². The van der Waals surface area contributed by atoms with E-state index in [1.54, 1.807) is 12.1 Å². The quantitative estimate of drug-likeness (QED) is 0.882. The van der Waals surface area contributed by atoms with Gasteiger partial charge in [-0.25, -0.2) is 4.39 Å². The molecule has 0 saturated heterocycles. The first kappa shape index (κ1) is 12.3. The standard InChI is InChI=1S/C12H13BrFN3/c13-11-7(6-15)4-5-10(12(11)14)17-9-3-1-2-8(9)16/h4-5,8-9,17H,1-3,16H2. The number of nitrogens with zero attached hydrogens (tertiary/aromatic N) is 1. The number of hydrogen-bond donors (Lipinski definition) is 2. The van der Waals surface area contributed by atoms with Crippen LogP contribution in [0.1, 0.15) is 24.8 Å². The molecule has 90 valence electrons. The number of anilines is 1. The van der Waals surface area contributed by atoms with E-state index in [4.69, 9.17) is 11.0 Å². The summed E-state index contributed by atoms with van der Waals surface area (Å²) in [4.78, 5) is 0. The summed E-state index contributed by atoms with van der Waals surface area (Å²) in [7, 11) is 0. The lowest BCUT2D eigenvalue weighted by Gasteiger charge is -2.19. The normalized spacial score (nSPS) is 23.4. The highest BCUT2D eigenvalue weighted by molar-refractivity contribution is 9.10. The Balaban J connectivity index is 2.22. The number of benzene rings is 1. The van der Waals surface area contributed by atoms with Crippen molar-refractivity contribution >= 4 is 21.6 Å². The third kappa shape index (κ3) is 2.43. The van der Waals surface area contributed by atoms with Crippen LogP contribution in [0.3, 0.4) is 0 Å². The third-order valence-corrected chi connectivity index (χ3v) is 3.89. The van der Waals surface area contributed by atoms with Crippen LogP contribution in [0.15, 0.2) is 16.6 Å². The van der Waals surface area contributed by atoms with Gasteiger partial charge in [-0.2, -0.15) is 5.26 Å². The van der Waals surface area contributed by atoms with Gasteiger partial charge >= 0.3 is 0 Å². The van der Waals surface area contributed by atoms with Gasteiger partial charge in [0.1, 0.15) is 6.07 Å². The number of hydrogen-bond acceptors (Lipinski definition) is 3. The summed E-state index contributed by atoms with van der Waals surface area (Å²) in [5.74, 6) is -0.428. The van der Waals surface area contributed by atoms with Crippen molar-refractivity contribution in [1.29, 1.82) is 5.26 Å². The van der Waals surface area contributed by atoms with Gasteiger partial charge in [-0.3, -0.25) is 0 Å². The Bertz CT molecular complexity index is 470. The summed E-state index contributed by atoms with van der Waals surface area (Å²) < 4.78 is 14.1. The average molecular weight is 298 g/mol. The molecule has 2 rings (SSSR count). The molecule has 1 aromatic carbocycles. The van der Waals surface area contributed by atoms with Crippen molar-refractivity contribution in [3.63, 3.8) is 0 Å². The highest BCUT2D eigenvalue weighted by Gasteiger charge is 2.24. The van der Waals surface area contributed by atoms with Crippen LogP contribution in [0.2, 0.25) is 0 Å². The largest absolute Gasteiger partial charge is 0.378 e. The predicted octanol–water partition coefficient (Wildman–Crippen LogP) is 2.75. The Morgan fingerprint density at radius 3 is 2.82 bits per heavy atom. The van der Waals surface area contributed by atoms with Crippen molar-refractivity contribution in [1.82, 2.24) is 0 Å². The Labute approximate surface area is 108 Å². The molecule has 2 unspecified atom stereocenters. The highest BCUT2D eigenvalue weighted by atomic mass is 79.9. The topological polar surface area (TPSA) is 61.8 Å². The molecule has 0 radical (unpaired) electrons. The van der Waals surface area contributed by atoms with Gasteiger partial charge in [0, 0.05) is 12.1 Å². The highest BCUT2D eigenvalue weighted by Crippen LogP contribution is 2.29. The number of nitriles is 1. The molecule has 3 nitrogen and oxygen atoms in total. The van der Waals surface area contributed by atoms with E-state index in [-0.39, 0.29) is 16.6 Å². The first-order valence-electron chi connectivity index (χ1n) is 5.53. The number of rotatable bonds is 2. The average Bonchev–Trinajstić information content (AvgIpc) is 2.71. The minimum absolute atomic E-state index is 0.0730. The molecule has 1 aromatic rings. The van der Waals surface area contributed by atoms with Crippen LogP contribution in [0.5, 0.6) is 0 Å². The van der Waals surface area contributed by atoms with E-state index in [1.807, 2.05) is 6.07 Å². The molecular weight excluding hydrogens is 285 g/mol. The molecule has 1 fully saturated rings. The number of nitrogens with two attached hydrogens (primary N) is 1. The lowest BCUT2D eigenvalue weighted by atomic mass is 10.1. The molecule has 1 saturated carbocycles. The fourth-order valence-electron chi connectivity index (χ4n) is 2.11. The summed E-state index contributed by atoms with van der Waals surface area (Å²) in [5, 5.41) is 11.9. The molecule has 0 spiro atoms. The number of nitrogens with one attached hydrogen (secondary N) is 1. The first-order chi connectivity index (χ1) is 8.13. The van der Waals surface area contributed by atoms with E-state index < -0.39 is 5.82 Å². The predicted molar refractivity (Wildman–Crippen MR) is 68.1 cm³/mol. The summed E-state index contributed by atoms with van der Waals surface area (Å²) in [6.45, 7) is 0. The van der Waals surface area contributed by atoms with Crippen LogP contribution >= 0.6 is 15.9 Å². The van der Waals surface area contributed by atoms with Gasteiger partial charge in [-0.05, 0) is 47.3 Å². The smallest absolute Gasteiger partial charge is 0.161 e. The Hall–Kier alpha value is -1.12. The molecule has 1 aliphatic carbocycles. The fourth-order valence-corrected chi connectivity index (χ4v) is 2.55. The Kier molecular flexibility index (Phi) is 3.65. The monoisotopic (exact) mass is 297 g/mol. The maximum Gasteiger partial charge on any atom is 0.161 e. The van der Waals surface area contributed by atoms with Crippen molar-refractivity contribution in [2.45, 2.75) is 31.3 Å². The Morgan fingerprint density at radius 2 is 2.24 bits per heavy atom. The summed E-state index contributed by atoms with van der Waals surface area (Å²) in [5.41, 5.74) is 6.62. The molecular formula is C12H13BrFN3. The molecule has 5 heteroatoms. The maximum atomic E-state index is 13.9. The van der Waals surface area contributed by atoms with Gasteiger partial charge in [-0.1, -0.05) is 0 Å². The van der Waals surface area contributed by atoms with Gasteiger partial charge in [0.25, 0.3) is 0 Å². The molecule has 0 aromatic heterocycles. The molecule has 0 amide bonds. The van der Waals surface area contributed by atoms with E-state index in [0.29, 0.717) is 11.3 Å². The summed E-state index contributed by atoms with van der Waals surface area (Å²) in [6.07, 6.45) is 2.99. The van der Waals surface area contributed by atoms with Crippen LogP contribution in [0.4, 0.5) is 10.1 Å². The van der Waals surface area contributed by atoms with Crippen molar-refractivity contribution in [2.24, 2.45) is 5.73 Å². The van der Waals surface area contributed by atoms with Crippen LogP contribution in [-0.4, -0.2) is 12.1 Å². The zero-order valence-corrected chi connectivity index (χ0v) is 10.8. The Morgan fingerprint density at radius 1 is 1.47 bits per heavy atom. The molecule has 3 N–H and O–H groups in total. The van der Waals surface area contributed by atoms with Crippen LogP contribution in [-0.2, 0) is 0 Å². The molecule has 0 bridgehead atoms. The van der Waals surface area contributed by atoms with E-state index in [2.05, 4.69) is 21.2 Å². The van der Waals surface area contributed by atoms with E-state index in [0.717, 1.165) is 19.3 Å². The number of halogens is 2. The minimum atomic E-state index is -0.428. The second-order valence-corrected chi connectivity index (χ2v) is 5.04. The fraction of sp³-hybridized carbons (Fsp3) is 0.417. The second kappa shape index (κ2) is 5.03. The first-order valence-corrected chi connectivity index (χ1v) is 6.33. The van der Waals surface area contributed by atoms with Gasteiger partial charge in [0.15, 0.2) is 5.82 Å². The molecule has 0 heterocycles. The zero-order chi connectivity index (χ0) is 12.4. The third-order valence-electron chi connectivity index (χ3n) is 3.11. The molecule has 0 aliphatic heterocycles. The summed E-state index contributed by atoms with van der Waals surface area (Å²) in [6, 6.07) is 5.29. The van der Waals surface area contributed by atoms with Crippen LogP contribution in [0, 0.1) is 17.1 Å².